The van der Waals surface area contributed by atoms with Gasteiger partial charge in [0.1, 0.15) is 17.6 Å². The second-order valence-corrected chi connectivity index (χ2v) is 3.86. The van der Waals surface area contributed by atoms with Crippen LogP contribution in [-0.4, -0.2) is 38.8 Å². The molecule has 2 rings (SSSR count). The first kappa shape index (κ1) is 11.6. The first-order chi connectivity index (χ1) is 8.15. The molecule has 92 valence electrons. The van der Waals surface area contributed by atoms with E-state index in [0.29, 0.717) is 18.0 Å². The maximum atomic E-state index is 11.3. The Morgan fingerprint density at radius 3 is 2.65 bits per heavy atom. The number of rotatable bonds is 3. The fraction of sp³-hybridized carbons (Fsp3) is 0.417. The Hall–Kier alpha value is -1.91. The molecule has 1 aliphatic rings. The molecule has 5 nitrogen and oxygen atoms in total. The Bertz CT molecular complexity index is 433. The van der Waals surface area contributed by atoms with Crippen molar-refractivity contribution in [3.63, 3.8) is 0 Å². The molecule has 1 amide bonds. The molecular weight excluding hydrogens is 222 g/mol. The van der Waals surface area contributed by atoms with Crippen molar-refractivity contribution in [3.8, 4) is 11.5 Å². The Balaban J connectivity index is 2.29. The number of carbonyl (C=O) groups excluding carboxylic acids is 1. The van der Waals surface area contributed by atoms with Crippen LogP contribution >= 0.6 is 0 Å². The molecule has 1 heterocycles. The topological polar surface area (TPSA) is 48.0 Å². The van der Waals surface area contributed by atoms with Crippen molar-refractivity contribution in [1.29, 1.82) is 0 Å². The fourth-order valence-electron chi connectivity index (χ4n) is 1.82. The predicted octanol–water partition coefficient (Wildman–Crippen LogP) is 1.83. The number of likely N-dealkylation sites (N-methyl/N-ethyl adjacent to an activating group) is 1. The molecule has 0 saturated carbocycles. The zero-order chi connectivity index (χ0) is 12.4. The highest BCUT2D eigenvalue weighted by atomic mass is 16.6. The molecule has 0 bridgehead atoms. The largest absolute Gasteiger partial charge is 0.497 e. The number of methoxy groups -OCH3 is 2. The van der Waals surface area contributed by atoms with Crippen molar-refractivity contribution in [1.82, 2.24) is 4.90 Å². The highest BCUT2D eigenvalue weighted by Crippen LogP contribution is 2.34. The molecule has 0 radical (unpaired) electrons. The van der Waals surface area contributed by atoms with Crippen molar-refractivity contribution in [2.24, 2.45) is 0 Å². The van der Waals surface area contributed by atoms with Crippen LogP contribution in [0.1, 0.15) is 11.7 Å². The third kappa shape index (κ3) is 2.13. The smallest absolute Gasteiger partial charge is 0.410 e. The van der Waals surface area contributed by atoms with Crippen molar-refractivity contribution >= 4 is 6.09 Å². The number of cyclic esters (lactones) is 1. The molecule has 1 atom stereocenters. The van der Waals surface area contributed by atoms with Gasteiger partial charge in [-0.05, 0) is 12.1 Å². The summed E-state index contributed by atoms with van der Waals surface area (Å²) in [5, 5.41) is 0. The number of benzene rings is 1. The average molecular weight is 237 g/mol. The van der Waals surface area contributed by atoms with E-state index in [1.54, 1.807) is 27.3 Å². The fourth-order valence-corrected chi connectivity index (χ4v) is 1.82. The van der Waals surface area contributed by atoms with Crippen LogP contribution in [0, 0.1) is 0 Å². The van der Waals surface area contributed by atoms with Gasteiger partial charge in [0.2, 0.25) is 0 Å². The van der Waals surface area contributed by atoms with Crippen molar-refractivity contribution in [2.75, 3.05) is 27.8 Å². The Morgan fingerprint density at radius 2 is 2.12 bits per heavy atom. The summed E-state index contributed by atoms with van der Waals surface area (Å²) < 4.78 is 15.6. The Labute approximate surface area is 99.9 Å². The minimum absolute atomic E-state index is 0.284. The molecule has 1 aromatic rings. The molecule has 17 heavy (non-hydrogen) atoms. The minimum atomic E-state index is -0.312. The standard InChI is InChI=1S/C12H15NO4/c1-13-7-11(17-12(13)14)9-5-4-8(15-2)6-10(9)16-3/h4-6,11H,7H2,1-3H3. The zero-order valence-corrected chi connectivity index (χ0v) is 10.1. The van der Waals surface area contributed by atoms with Gasteiger partial charge in [-0.2, -0.15) is 0 Å². The SMILES string of the molecule is COc1ccc(C2CN(C)C(=O)O2)c(OC)c1. The summed E-state index contributed by atoms with van der Waals surface area (Å²) in [5.74, 6) is 1.38. The third-order valence-corrected chi connectivity index (χ3v) is 2.78. The summed E-state index contributed by atoms with van der Waals surface area (Å²) in [5.41, 5.74) is 0.853. The number of ether oxygens (including phenoxy) is 3. The lowest BCUT2D eigenvalue weighted by Crippen LogP contribution is -2.17. The van der Waals surface area contributed by atoms with Crippen LogP contribution in [0.4, 0.5) is 4.79 Å². The van der Waals surface area contributed by atoms with Gasteiger partial charge in [-0.15, -0.1) is 0 Å². The molecule has 0 aliphatic carbocycles. The van der Waals surface area contributed by atoms with Crippen molar-refractivity contribution in [2.45, 2.75) is 6.10 Å². The number of carbonyl (C=O) groups is 1. The number of hydrogen-bond acceptors (Lipinski definition) is 4. The van der Waals surface area contributed by atoms with E-state index in [0.717, 1.165) is 5.56 Å². The number of hydrogen-bond donors (Lipinski definition) is 0. The van der Waals surface area contributed by atoms with E-state index >= 15 is 0 Å². The third-order valence-electron chi connectivity index (χ3n) is 2.78. The second-order valence-electron chi connectivity index (χ2n) is 3.86. The van der Waals surface area contributed by atoms with E-state index in [-0.39, 0.29) is 12.2 Å². The summed E-state index contributed by atoms with van der Waals surface area (Å²) >= 11 is 0. The highest BCUT2D eigenvalue weighted by molar-refractivity contribution is 5.70. The first-order valence-corrected chi connectivity index (χ1v) is 5.29. The minimum Gasteiger partial charge on any atom is -0.497 e. The molecule has 0 N–H and O–H groups in total. The van der Waals surface area contributed by atoms with Gasteiger partial charge in [-0.3, -0.25) is 0 Å². The number of amides is 1. The highest BCUT2D eigenvalue weighted by Gasteiger charge is 2.31. The Kier molecular flexibility index (Phi) is 3.08. The van der Waals surface area contributed by atoms with Crippen molar-refractivity contribution in [3.05, 3.63) is 23.8 Å². The van der Waals surface area contributed by atoms with Crippen LogP contribution < -0.4 is 9.47 Å². The van der Waals surface area contributed by atoms with Gasteiger partial charge in [-0.25, -0.2) is 4.79 Å². The Morgan fingerprint density at radius 1 is 1.35 bits per heavy atom. The van der Waals surface area contributed by atoms with E-state index in [4.69, 9.17) is 14.2 Å². The van der Waals surface area contributed by atoms with Gasteiger partial charge in [0, 0.05) is 18.7 Å². The lowest BCUT2D eigenvalue weighted by atomic mass is 10.1. The lowest BCUT2D eigenvalue weighted by Gasteiger charge is -2.14. The maximum Gasteiger partial charge on any atom is 0.410 e. The van der Waals surface area contributed by atoms with E-state index in [2.05, 4.69) is 0 Å². The van der Waals surface area contributed by atoms with E-state index in [1.165, 1.54) is 4.90 Å². The molecule has 1 aromatic carbocycles. The monoisotopic (exact) mass is 237 g/mol. The molecule has 1 saturated heterocycles. The van der Waals surface area contributed by atoms with Gasteiger partial charge in [-0.1, -0.05) is 0 Å². The average Bonchev–Trinajstić information content (AvgIpc) is 2.68. The van der Waals surface area contributed by atoms with Crippen LogP contribution in [0.2, 0.25) is 0 Å². The number of nitrogens with zero attached hydrogens (tertiary/aromatic N) is 1. The summed E-state index contributed by atoms with van der Waals surface area (Å²) in [6.45, 7) is 0.529. The lowest BCUT2D eigenvalue weighted by molar-refractivity contribution is 0.133. The van der Waals surface area contributed by atoms with Crippen LogP contribution in [0.25, 0.3) is 0 Å². The first-order valence-electron chi connectivity index (χ1n) is 5.29. The van der Waals surface area contributed by atoms with E-state index in [9.17, 15) is 4.79 Å². The summed E-state index contributed by atoms with van der Waals surface area (Å²) in [6.07, 6.45) is -0.596. The molecular formula is C12H15NO4. The quantitative estimate of drug-likeness (QED) is 0.804. The molecule has 1 fully saturated rings. The van der Waals surface area contributed by atoms with Gasteiger partial charge in [0.25, 0.3) is 0 Å². The molecule has 0 aromatic heterocycles. The van der Waals surface area contributed by atoms with Gasteiger partial charge >= 0.3 is 6.09 Å². The predicted molar refractivity (Wildman–Crippen MR) is 61.4 cm³/mol. The maximum absolute atomic E-state index is 11.3. The molecule has 5 heteroatoms. The zero-order valence-electron chi connectivity index (χ0n) is 10.1. The molecule has 0 spiro atoms. The van der Waals surface area contributed by atoms with E-state index < -0.39 is 0 Å². The van der Waals surface area contributed by atoms with Crippen LogP contribution in [0.3, 0.4) is 0 Å². The van der Waals surface area contributed by atoms with Crippen LogP contribution in [-0.2, 0) is 4.74 Å². The molecule has 1 unspecified atom stereocenters. The van der Waals surface area contributed by atoms with Crippen molar-refractivity contribution < 1.29 is 19.0 Å². The summed E-state index contributed by atoms with van der Waals surface area (Å²) in [7, 11) is 4.88. The molecule has 1 aliphatic heterocycles. The van der Waals surface area contributed by atoms with E-state index in [1.807, 2.05) is 12.1 Å². The van der Waals surface area contributed by atoms with Crippen LogP contribution in [0.5, 0.6) is 11.5 Å². The normalized spacial score (nSPS) is 19.1. The van der Waals surface area contributed by atoms with Crippen LogP contribution in [0.15, 0.2) is 18.2 Å². The second kappa shape index (κ2) is 4.53. The van der Waals surface area contributed by atoms with Gasteiger partial charge in [0.15, 0.2) is 0 Å². The summed E-state index contributed by atoms with van der Waals surface area (Å²) in [6, 6.07) is 5.46. The van der Waals surface area contributed by atoms with Gasteiger partial charge < -0.3 is 19.1 Å². The van der Waals surface area contributed by atoms with Gasteiger partial charge in [0.05, 0.1) is 20.8 Å². The summed E-state index contributed by atoms with van der Waals surface area (Å²) in [4.78, 5) is 12.9.